The van der Waals surface area contributed by atoms with Gasteiger partial charge in [-0.3, -0.25) is 0 Å². The molecule has 0 unspecified atom stereocenters. The largest absolute Gasteiger partial charge is 0.314 e. The van der Waals surface area contributed by atoms with E-state index in [0.717, 1.165) is 68.1 Å². The average molecular weight is 405 g/mol. The second-order valence-corrected chi connectivity index (χ2v) is 7.47. The fourth-order valence-corrected chi connectivity index (χ4v) is 3.51. The van der Waals surface area contributed by atoms with Crippen molar-refractivity contribution in [2.75, 3.05) is 0 Å². The van der Waals surface area contributed by atoms with Crippen molar-refractivity contribution in [1.29, 1.82) is 0 Å². The molecule has 0 atom stereocenters. The summed E-state index contributed by atoms with van der Waals surface area (Å²) in [4.78, 5) is 4.80. The van der Waals surface area contributed by atoms with Gasteiger partial charge in [0.15, 0.2) is 5.82 Å². The van der Waals surface area contributed by atoms with Crippen molar-refractivity contribution in [1.82, 2.24) is 40.0 Å². The number of tetrazole rings is 1. The number of aromatic amines is 1. The molecule has 156 valence electrons. The number of H-pyrrole nitrogens is 1. The van der Waals surface area contributed by atoms with E-state index in [9.17, 15) is 0 Å². The highest BCUT2D eigenvalue weighted by molar-refractivity contribution is 5.54. The highest BCUT2D eigenvalue weighted by Gasteiger charge is 2.12. The molecule has 8 nitrogen and oxygen atoms in total. The molecular formula is C22H28N8. The lowest BCUT2D eigenvalue weighted by molar-refractivity contribution is 0.612. The molecular weight excluding hydrogens is 376 g/mol. The van der Waals surface area contributed by atoms with Gasteiger partial charge in [0.05, 0.1) is 12.2 Å². The van der Waals surface area contributed by atoms with Crippen molar-refractivity contribution in [3.05, 3.63) is 59.8 Å². The summed E-state index contributed by atoms with van der Waals surface area (Å²) in [6, 6.07) is 12.5. The molecule has 1 N–H and O–H groups in total. The molecule has 0 aliphatic heterocycles. The van der Waals surface area contributed by atoms with Gasteiger partial charge in [0.2, 0.25) is 5.82 Å². The Hall–Kier alpha value is -3.29. The number of rotatable bonds is 10. The monoisotopic (exact) mass is 404 g/mol. The van der Waals surface area contributed by atoms with Crippen LogP contribution < -0.4 is 0 Å². The molecule has 8 heteroatoms. The van der Waals surface area contributed by atoms with Crippen LogP contribution in [0.4, 0.5) is 0 Å². The Balaban J connectivity index is 1.53. The predicted octanol–water partition coefficient (Wildman–Crippen LogP) is 3.98. The number of nitrogens with zero attached hydrogens (tertiary/aromatic N) is 7. The fraction of sp³-hybridized carbons (Fsp3) is 0.409. The lowest BCUT2D eigenvalue weighted by Gasteiger charge is -2.09. The van der Waals surface area contributed by atoms with Crippen molar-refractivity contribution < 1.29 is 0 Å². The maximum atomic E-state index is 4.80. The fourth-order valence-electron chi connectivity index (χ4n) is 3.51. The molecule has 0 aliphatic carbocycles. The summed E-state index contributed by atoms with van der Waals surface area (Å²) < 4.78 is 4.13. The quantitative estimate of drug-likeness (QED) is 0.432. The third-order valence-electron chi connectivity index (χ3n) is 5.17. The first-order chi connectivity index (χ1) is 14.8. The third kappa shape index (κ3) is 4.48. The smallest absolute Gasteiger partial charge is 0.221 e. The Morgan fingerprint density at radius 1 is 0.967 bits per heavy atom. The first-order valence-corrected chi connectivity index (χ1v) is 10.7. The van der Waals surface area contributed by atoms with Crippen LogP contribution in [0.25, 0.3) is 17.2 Å². The lowest BCUT2D eigenvalue weighted by Crippen LogP contribution is -2.07. The van der Waals surface area contributed by atoms with Crippen LogP contribution in [0, 0.1) is 0 Å². The van der Waals surface area contributed by atoms with Gasteiger partial charge in [-0.2, -0.15) is 10.3 Å². The summed E-state index contributed by atoms with van der Waals surface area (Å²) in [7, 11) is 0. The van der Waals surface area contributed by atoms with Crippen LogP contribution in [-0.4, -0.2) is 40.0 Å². The normalized spacial score (nSPS) is 11.3. The molecule has 0 fully saturated rings. The van der Waals surface area contributed by atoms with Crippen LogP contribution in [0.2, 0.25) is 0 Å². The molecule has 0 saturated heterocycles. The lowest BCUT2D eigenvalue weighted by atomic mass is 10.2. The van der Waals surface area contributed by atoms with Crippen molar-refractivity contribution in [2.45, 2.75) is 58.9 Å². The van der Waals surface area contributed by atoms with Crippen LogP contribution >= 0.6 is 0 Å². The average Bonchev–Trinajstić information content (AvgIpc) is 3.52. The van der Waals surface area contributed by atoms with Gasteiger partial charge in [0.25, 0.3) is 0 Å². The van der Waals surface area contributed by atoms with Gasteiger partial charge in [0.1, 0.15) is 5.82 Å². The SMILES string of the molecule is CCCCc1nc(CCCC)n(Cc2ccc(-n3cccc3-c3nn[nH]n3)cc2)n1. The number of unbranched alkanes of at least 4 members (excludes halogenated alkanes) is 2. The summed E-state index contributed by atoms with van der Waals surface area (Å²) in [5.41, 5.74) is 3.16. The molecule has 30 heavy (non-hydrogen) atoms. The Morgan fingerprint density at radius 2 is 1.77 bits per heavy atom. The van der Waals surface area contributed by atoms with E-state index in [1.165, 1.54) is 5.56 Å². The molecule has 0 saturated carbocycles. The van der Waals surface area contributed by atoms with Gasteiger partial charge < -0.3 is 4.57 Å². The minimum absolute atomic E-state index is 0.576. The minimum atomic E-state index is 0.576. The van der Waals surface area contributed by atoms with E-state index in [-0.39, 0.29) is 0 Å². The van der Waals surface area contributed by atoms with Crippen molar-refractivity contribution in [2.24, 2.45) is 0 Å². The molecule has 4 aromatic rings. The van der Waals surface area contributed by atoms with Gasteiger partial charge in [0, 0.05) is 24.7 Å². The van der Waals surface area contributed by atoms with Crippen molar-refractivity contribution in [3.8, 4) is 17.2 Å². The number of aromatic nitrogens is 8. The van der Waals surface area contributed by atoms with Gasteiger partial charge >= 0.3 is 0 Å². The molecule has 0 bridgehead atoms. The zero-order valence-electron chi connectivity index (χ0n) is 17.6. The molecule has 1 aromatic carbocycles. The van der Waals surface area contributed by atoms with E-state index in [1.54, 1.807) is 0 Å². The summed E-state index contributed by atoms with van der Waals surface area (Å²) in [5.74, 6) is 2.64. The molecule has 4 rings (SSSR count). The van der Waals surface area contributed by atoms with Gasteiger partial charge in [-0.05, 0) is 47.9 Å². The molecule has 3 heterocycles. The minimum Gasteiger partial charge on any atom is -0.314 e. The van der Waals surface area contributed by atoms with Crippen LogP contribution in [0.15, 0.2) is 42.6 Å². The standard InChI is InChI=1S/C22H28N8/c1-3-5-9-20-23-21(10-6-4-2)30(26-20)16-17-11-13-18(14-12-17)29-15-7-8-19(29)22-24-27-28-25-22/h7-8,11-15H,3-6,9-10,16H2,1-2H3,(H,24,25,27,28). The highest BCUT2D eigenvalue weighted by atomic mass is 15.5. The van der Waals surface area contributed by atoms with Crippen molar-refractivity contribution in [3.63, 3.8) is 0 Å². The number of nitrogens with one attached hydrogen (secondary N) is 1. The Labute approximate surface area is 176 Å². The number of hydrogen-bond acceptors (Lipinski definition) is 5. The second-order valence-electron chi connectivity index (χ2n) is 7.47. The summed E-state index contributed by atoms with van der Waals surface area (Å²) >= 11 is 0. The molecule has 0 aliphatic rings. The number of aryl methyl sites for hydroxylation is 2. The van der Waals surface area contributed by atoms with Crippen LogP contribution in [0.1, 0.15) is 56.7 Å². The number of benzene rings is 1. The van der Waals surface area contributed by atoms with E-state index in [4.69, 9.17) is 10.1 Å². The van der Waals surface area contributed by atoms with Gasteiger partial charge in [-0.1, -0.05) is 38.8 Å². The predicted molar refractivity (Wildman–Crippen MR) is 115 cm³/mol. The Bertz CT molecular complexity index is 1040. The van der Waals surface area contributed by atoms with E-state index in [0.29, 0.717) is 5.82 Å². The molecule has 0 amide bonds. The molecule has 0 radical (unpaired) electrons. The first-order valence-electron chi connectivity index (χ1n) is 10.7. The topological polar surface area (TPSA) is 90.1 Å². The zero-order valence-corrected chi connectivity index (χ0v) is 17.6. The van der Waals surface area contributed by atoms with E-state index >= 15 is 0 Å². The van der Waals surface area contributed by atoms with Crippen LogP contribution in [-0.2, 0) is 19.4 Å². The summed E-state index contributed by atoms with van der Waals surface area (Å²) in [6.07, 6.45) is 8.51. The highest BCUT2D eigenvalue weighted by Crippen LogP contribution is 2.21. The molecule has 0 spiro atoms. The second kappa shape index (κ2) is 9.47. The van der Waals surface area contributed by atoms with Crippen LogP contribution in [0.5, 0.6) is 0 Å². The van der Waals surface area contributed by atoms with E-state index < -0.39 is 0 Å². The van der Waals surface area contributed by atoms with Crippen molar-refractivity contribution >= 4 is 0 Å². The number of hydrogen-bond donors (Lipinski definition) is 1. The Morgan fingerprint density at radius 3 is 2.50 bits per heavy atom. The maximum absolute atomic E-state index is 4.80. The van der Waals surface area contributed by atoms with E-state index in [2.05, 4.69) is 68.0 Å². The summed E-state index contributed by atoms with van der Waals surface area (Å²) in [6.45, 7) is 5.15. The zero-order chi connectivity index (χ0) is 20.8. The van der Waals surface area contributed by atoms with Gasteiger partial charge in [-0.25, -0.2) is 9.67 Å². The molecule has 3 aromatic heterocycles. The maximum Gasteiger partial charge on any atom is 0.221 e. The van der Waals surface area contributed by atoms with Crippen LogP contribution in [0.3, 0.4) is 0 Å². The third-order valence-corrected chi connectivity index (χ3v) is 5.17. The van der Waals surface area contributed by atoms with E-state index in [1.807, 2.05) is 18.3 Å². The van der Waals surface area contributed by atoms with Gasteiger partial charge in [-0.15, -0.1) is 10.2 Å². The first kappa shape index (κ1) is 20.0. The summed E-state index contributed by atoms with van der Waals surface area (Å²) in [5, 5.41) is 19.1. The Kier molecular flexibility index (Phi) is 6.32.